The summed E-state index contributed by atoms with van der Waals surface area (Å²) >= 11 is 0. The molecular formula is C25H27N5O2. The number of nitrogens with zero attached hydrogens (tertiary/aromatic N) is 2. The molecule has 3 aromatic rings. The highest BCUT2D eigenvalue weighted by Gasteiger charge is 2.18. The van der Waals surface area contributed by atoms with Crippen LogP contribution in [0.3, 0.4) is 0 Å². The van der Waals surface area contributed by atoms with Crippen molar-refractivity contribution in [1.82, 2.24) is 15.3 Å². The van der Waals surface area contributed by atoms with Crippen molar-refractivity contribution in [3.63, 3.8) is 0 Å². The average molecular weight is 430 g/mol. The van der Waals surface area contributed by atoms with Crippen LogP contribution < -0.4 is 16.0 Å². The first-order valence-electron chi connectivity index (χ1n) is 10.7. The molecule has 0 saturated heterocycles. The number of anilines is 3. The molecule has 0 fully saturated rings. The molecular weight excluding hydrogens is 402 g/mol. The van der Waals surface area contributed by atoms with Gasteiger partial charge in [0.2, 0.25) is 5.95 Å². The number of aromatic nitrogens is 2. The summed E-state index contributed by atoms with van der Waals surface area (Å²) in [6.07, 6.45) is 2.65. The van der Waals surface area contributed by atoms with E-state index in [0.29, 0.717) is 31.1 Å². The van der Waals surface area contributed by atoms with Crippen LogP contribution in [0.4, 0.5) is 17.3 Å². The summed E-state index contributed by atoms with van der Waals surface area (Å²) in [5, 5.41) is 9.44. The molecule has 0 bridgehead atoms. The largest absolute Gasteiger partial charge is 0.377 e. The molecule has 2 heterocycles. The van der Waals surface area contributed by atoms with Crippen LogP contribution in [0, 0.1) is 0 Å². The molecule has 7 heteroatoms. The maximum Gasteiger partial charge on any atom is 0.251 e. The lowest BCUT2D eigenvalue weighted by Gasteiger charge is -2.11. The fourth-order valence-corrected chi connectivity index (χ4v) is 3.49. The second kappa shape index (κ2) is 9.62. The molecule has 0 saturated carbocycles. The lowest BCUT2D eigenvalue weighted by molar-refractivity contribution is 0.0746. The fourth-order valence-electron chi connectivity index (χ4n) is 3.49. The molecule has 3 N–H and O–H groups in total. The molecule has 0 unspecified atom stereocenters. The molecule has 1 aliphatic heterocycles. The Hall–Kier alpha value is -3.71. The minimum Gasteiger partial charge on any atom is -0.377 e. The molecule has 2 aromatic carbocycles. The highest BCUT2D eigenvalue weighted by atomic mass is 16.5. The van der Waals surface area contributed by atoms with Gasteiger partial charge in [0.1, 0.15) is 0 Å². The van der Waals surface area contributed by atoms with Crippen LogP contribution in [0.1, 0.15) is 29.8 Å². The Balaban J connectivity index is 1.46. The van der Waals surface area contributed by atoms with Crippen LogP contribution in [0.25, 0.3) is 11.3 Å². The summed E-state index contributed by atoms with van der Waals surface area (Å²) in [5.74, 6) is 0.364. The van der Waals surface area contributed by atoms with E-state index in [0.717, 1.165) is 33.9 Å². The SMILES string of the molecule is C=C1Cc2cnc(Nc3ccc(C(=O)NCCOC(C)C)cc3)nc2-c2ccccc2N1. The van der Waals surface area contributed by atoms with E-state index in [1.54, 1.807) is 12.1 Å². The summed E-state index contributed by atoms with van der Waals surface area (Å²) in [6.45, 7) is 8.99. The third kappa shape index (κ3) is 5.12. The van der Waals surface area contributed by atoms with Crippen molar-refractivity contribution in [3.8, 4) is 11.3 Å². The molecule has 0 spiro atoms. The van der Waals surface area contributed by atoms with E-state index in [4.69, 9.17) is 9.72 Å². The highest BCUT2D eigenvalue weighted by molar-refractivity contribution is 5.94. The number of amides is 1. The topological polar surface area (TPSA) is 88.2 Å². The fraction of sp³-hybridized carbons (Fsp3) is 0.240. The Morgan fingerprint density at radius 2 is 1.97 bits per heavy atom. The van der Waals surface area contributed by atoms with Gasteiger partial charge in [-0.15, -0.1) is 0 Å². The van der Waals surface area contributed by atoms with Crippen molar-refractivity contribution >= 4 is 23.2 Å². The Morgan fingerprint density at radius 3 is 2.75 bits per heavy atom. The minimum atomic E-state index is -0.130. The van der Waals surface area contributed by atoms with E-state index >= 15 is 0 Å². The van der Waals surface area contributed by atoms with Crippen molar-refractivity contribution in [3.05, 3.63) is 78.1 Å². The summed E-state index contributed by atoms with van der Waals surface area (Å²) in [4.78, 5) is 21.5. The van der Waals surface area contributed by atoms with Gasteiger partial charge in [-0.05, 0) is 44.2 Å². The number of rotatable bonds is 7. The van der Waals surface area contributed by atoms with E-state index in [1.807, 2.05) is 56.4 Å². The van der Waals surface area contributed by atoms with Gasteiger partial charge in [-0.25, -0.2) is 9.97 Å². The maximum atomic E-state index is 12.3. The Morgan fingerprint density at radius 1 is 1.19 bits per heavy atom. The van der Waals surface area contributed by atoms with Crippen molar-refractivity contribution in [2.24, 2.45) is 0 Å². The quantitative estimate of drug-likeness (QED) is 0.479. The summed E-state index contributed by atoms with van der Waals surface area (Å²) in [5.41, 5.74) is 6.19. The lowest BCUT2D eigenvalue weighted by atomic mass is 10.1. The minimum absolute atomic E-state index is 0.130. The second-order valence-electron chi connectivity index (χ2n) is 7.90. The van der Waals surface area contributed by atoms with Crippen molar-refractivity contribution < 1.29 is 9.53 Å². The maximum absolute atomic E-state index is 12.3. The van der Waals surface area contributed by atoms with E-state index in [9.17, 15) is 4.79 Å². The third-order valence-electron chi connectivity index (χ3n) is 5.00. The molecule has 164 valence electrons. The smallest absolute Gasteiger partial charge is 0.251 e. The van der Waals surface area contributed by atoms with Crippen LogP contribution >= 0.6 is 0 Å². The van der Waals surface area contributed by atoms with Gasteiger partial charge >= 0.3 is 0 Å². The lowest BCUT2D eigenvalue weighted by Crippen LogP contribution is -2.28. The zero-order valence-corrected chi connectivity index (χ0v) is 18.3. The van der Waals surface area contributed by atoms with E-state index in [2.05, 4.69) is 27.5 Å². The van der Waals surface area contributed by atoms with E-state index in [-0.39, 0.29) is 12.0 Å². The number of hydrogen-bond donors (Lipinski definition) is 3. The number of fused-ring (bicyclic) bond motifs is 3. The van der Waals surface area contributed by atoms with Crippen LogP contribution in [-0.2, 0) is 11.2 Å². The standard InChI is InChI=1S/C25H27N5O2/c1-16(2)32-13-12-26-24(31)18-8-10-20(11-9-18)29-25-27-15-19-14-17(3)28-22-7-5-4-6-21(22)23(19)30-25/h4-11,15-16,28H,3,12-14H2,1-2H3,(H,26,31)(H,27,29,30). The molecule has 32 heavy (non-hydrogen) atoms. The van der Waals surface area contributed by atoms with Gasteiger partial charge in [0.05, 0.1) is 18.4 Å². The molecule has 7 nitrogen and oxygen atoms in total. The first-order valence-corrected chi connectivity index (χ1v) is 10.7. The first-order chi connectivity index (χ1) is 15.5. The van der Waals surface area contributed by atoms with Crippen molar-refractivity contribution in [2.75, 3.05) is 23.8 Å². The monoisotopic (exact) mass is 429 g/mol. The van der Waals surface area contributed by atoms with Crippen molar-refractivity contribution in [2.45, 2.75) is 26.4 Å². The Labute approximate surface area is 187 Å². The summed E-state index contributed by atoms with van der Waals surface area (Å²) < 4.78 is 5.44. The van der Waals surface area contributed by atoms with Crippen LogP contribution in [-0.4, -0.2) is 35.1 Å². The number of carbonyl (C=O) groups is 1. The number of ether oxygens (including phenoxy) is 1. The molecule has 0 atom stereocenters. The van der Waals surface area contributed by atoms with Crippen LogP contribution in [0.2, 0.25) is 0 Å². The van der Waals surface area contributed by atoms with Crippen LogP contribution in [0.15, 0.2) is 67.0 Å². The van der Waals surface area contributed by atoms with E-state index < -0.39 is 0 Å². The second-order valence-corrected chi connectivity index (χ2v) is 7.90. The van der Waals surface area contributed by atoms with Gasteiger partial charge in [0, 0.05) is 52.9 Å². The van der Waals surface area contributed by atoms with Crippen LogP contribution in [0.5, 0.6) is 0 Å². The average Bonchev–Trinajstić information content (AvgIpc) is 2.92. The number of carbonyl (C=O) groups excluding carboxylic acids is 1. The number of nitrogens with one attached hydrogen (secondary N) is 3. The predicted molar refractivity (Wildman–Crippen MR) is 127 cm³/mol. The van der Waals surface area contributed by atoms with Crippen molar-refractivity contribution in [1.29, 1.82) is 0 Å². The molecule has 0 radical (unpaired) electrons. The molecule has 1 amide bonds. The Bertz CT molecular complexity index is 1130. The van der Waals surface area contributed by atoms with E-state index in [1.165, 1.54) is 0 Å². The summed E-state index contributed by atoms with van der Waals surface area (Å²) in [7, 11) is 0. The normalized spacial score (nSPS) is 12.4. The number of hydrogen-bond acceptors (Lipinski definition) is 6. The van der Waals surface area contributed by atoms with Gasteiger partial charge in [0.15, 0.2) is 0 Å². The molecule has 4 rings (SSSR count). The molecule has 1 aromatic heterocycles. The zero-order valence-electron chi connectivity index (χ0n) is 18.3. The van der Waals surface area contributed by atoms with Gasteiger partial charge in [-0.3, -0.25) is 4.79 Å². The van der Waals surface area contributed by atoms with Gasteiger partial charge < -0.3 is 20.7 Å². The number of allylic oxidation sites excluding steroid dienone is 1. The van der Waals surface area contributed by atoms with Gasteiger partial charge in [-0.2, -0.15) is 0 Å². The summed E-state index contributed by atoms with van der Waals surface area (Å²) in [6, 6.07) is 15.3. The third-order valence-corrected chi connectivity index (χ3v) is 5.00. The predicted octanol–water partition coefficient (Wildman–Crippen LogP) is 4.52. The Kier molecular flexibility index (Phi) is 6.47. The highest BCUT2D eigenvalue weighted by Crippen LogP contribution is 2.34. The zero-order chi connectivity index (χ0) is 22.5. The number of para-hydroxylation sites is 1. The number of benzene rings is 2. The van der Waals surface area contributed by atoms with Gasteiger partial charge in [-0.1, -0.05) is 24.8 Å². The van der Waals surface area contributed by atoms with Gasteiger partial charge in [0.25, 0.3) is 5.91 Å². The first kappa shape index (κ1) is 21.5. The molecule has 1 aliphatic rings. The molecule has 0 aliphatic carbocycles.